The fourth-order valence-electron chi connectivity index (χ4n) is 2.83. The van der Waals surface area contributed by atoms with Gasteiger partial charge in [0.05, 0.1) is 13.2 Å². The van der Waals surface area contributed by atoms with Crippen molar-refractivity contribution in [3.63, 3.8) is 0 Å². The number of guanidine groups is 1. The van der Waals surface area contributed by atoms with E-state index in [1.165, 1.54) is 0 Å². The molecule has 0 bridgehead atoms. The number of ether oxygens (including phenoxy) is 2. The van der Waals surface area contributed by atoms with Crippen molar-refractivity contribution in [3.8, 4) is 11.5 Å². The molecule has 0 spiro atoms. The SMILES string of the molecule is CCNC(=O)c1cccc(CNC(=NC)Nc2ccc3c(c2)OCCCO3)c1.I. The summed E-state index contributed by atoms with van der Waals surface area (Å²) in [6, 6.07) is 13.3. The number of amides is 1. The van der Waals surface area contributed by atoms with Crippen molar-refractivity contribution < 1.29 is 14.3 Å². The molecule has 1 aliphatic rings. The van der Waals surface area contributed by atoms with E-state index in [1.54, 1.807) is 13.1 Å². The molecule has 0 unspecified atom stereocenters. The Kier molecular flexibility index (Phi) is 9.04. The van der Waals surface area contributed by atoms with Crippen LogP contribution in [0.1, 0.15) is 29.3 Å². The lowest BCUT2D eigenvalue weighted by Gasteiger charge is -2.14. The Morgan fingerprint density at radius 2 is 1.86 bits per heavy atom. The lowest BCUT2D eigenvalue weighted by molar-refractivity contribution is 0.0955. The van der Waals surface area contributed by atoms with Crippen molar-refractivity contribution >= 4 is 41.5 Å². The smallest absolute Gasteiger partial charge is 0.251 e. The molecular weight excluding hydrogens is 483 g/mol. The second-order valence-electron chi connectivity index (χ2n) is 6.32. The molecule has 0 aromatic heterocycles. The third-order valence-electron chi connectivity index (χ3n) is 4.22. The maximum Gasteiger partial charge on any atom is 0.251 e. The van der Waals surface area contributed by atoms with Crippen LogP contribution in [0.4, 0.5) is 5.69 Å². The predicted octanol–water partition coefficient (Wildman–Crippen LogP) is 3.40. The number of hydrogen-bond donors (Lipinski definition) is 3. The number of nitrogens with one attached hydrogen (secondary N) is 3. The number of nitrogens with zero attached hydrogens (tertiary/aromatic N) is 1. The number of anilines is 1. The fraction of sp³-hybridized carbons (Fsp3) is 0.333. The van der Waals surface area contributed by atoms with E-state index in [1.807, 2.05) is 43.3 Å². The van der Waals surface area contributed by atoms with Crippen LogP contribution in [-0.4, -0.2) is 38.7 Å². The molecule has 2 aromatic rings. The second kappa shape index (κ2) is 11.5. The molecule has 156 valence electrons. The molecule has 2 aromatic carbocycles. The molecule has 1 amide bonds. The van der Waals surface area contributed by atoms with E-state index in [2.05, 4.69) is 20.9 Å². The molecule has 0 saturated carbocycles. The lowest BCUT2D eigenvalue weighted by Crippen LogP contribution is -2.30. The molecule has 3 N–H and O–H groups in total. The molecule has 8 heteroatoms. The van der Waals surface area contributed by atoms with Crippen molar-refractivity contribution in [3.05, 3.63) is 53.6 Å². The number of halogens is 1. The standard InChI is InChI=1S/C21H26N4O3.HI/c1-3-23-20(26)16-7-4-6-15(12-16)14-24-21(22-2)25-17-8-9-18-19(13-17)28-11-5-10-27-18;/h4,6-9,12-13H,3,5,10-11,14H2,1-2H3,(H,23,26)(H2,22,24,25);1H. The van der Waals surface area contributed by atoms with Gasteiger partial charge in [0.15, 0.2) is 17.5 Å². The van der Waals surface area contributed by atoms with Crippen LogP contribution in [-0.2, 0) is 6.54 Å². The van der Waals surface area contributed by atoms with Gasteiger partial charge < -0.3 is 25.4 Å². The van der Waals surface area contributed by atoms with Gasteiger partial charge in [0.1, 0.15) is 0 Å². The number of aliphatic imine (C=N–C) groups is 1. The van der Waals surface area contributed by atoms with Gasteiger partial charge in [-0.2, -0.15) is 0 Å². The lowest BCUT2D eigenvalue weighted by atomic mass is 10.1. The minimum absolute atomic E-state index is 0. The minimum atomic E-state index is -0.0703. The molecule has 29 heavy (non-hydrogen) atoms. The van der Waals surface area contributed by atoms with Crippen molar-refractivity contribution in [1.29, 1.82) is 0 Å². The first kappa shape index (κ1) is 22.8. The van der Waals surface area contributed by atoms with Crippen LogP contribution in [0.2, 0.25) is 0 Å². The third-order valence-corrected chi connectivity index (χ3v) is 4.22. The minimum Gasteiger partial charge on any atom is -0.490 e. The molecule has 3 rings (SSSR count). The molecular formula is C21H27IN4O3. The fourth-order valence-corrected chi connectivity index (χ4v) is 2.83. The summed E-state index contributed by atoms with van der Waals surface area (Å²) in [6.45, 7) is 4.35. The van der Waals surface area contributed by atoms with Gasteiger partial charge in [0, 0.05) is 43.9 Å². The van der Waals surface area contributed by atoms with Crippen molar-refractivity contribution in [1.82, 2.24) is 10.6 Å². The average Bonchev–Trinajstić information content (AvgIpc) is 2.96. The van der Waals surface area contributed by atoms with E-state index in [9.17, 15) is 4.79 Å². The van der Waals surface area contributed by atoms with Crippen LogP contribution in [0.25, 0.3) is 0 Å². The maximum atomic E-state index is 12.0. The summed E-state index contributed by atoms with van der Waals surface area (Å²) in [7, 11) is 1.71. The van der Waals surface area contributed by atoms with E-state index in [4.69, 9.17) is 9.47 Å². The highest BCUT2D eigenvalue weighted by Crippen LogP contribution is 2.32. The Balaban J connectivity index is 0.00000300. The zero-order valence-electron chi connectivity index (χ0n) is 16.7. The van der Waals surface area contributed by atoms with Gasteiger partial charge >= 0.3 is 0 Å². The van der Waals surface area contributed by atoms with Gasteiger partial charge in [-0.1, -0.05) is 12.1 Å². The first-order chi connectivity index (χ1) is 13.7. The summed E-state index contributed by atoms with van der Waals surface area (Å²) < 4.78 is 11.4. The van der Waals surface area contributed by atoms with Crippen LogP contribution in [0.5, 0.6) is 11.5 Å². The highest BCUT2D eigenvalue weighted by atomic mass is 127. The van der Waals surface area contributed by atoms with Crippen LogP contribution in [0, 0.1) is 0 Å². The molecule has 0 atom stereocenters. The van der Waals surface area contributed by atoms with Gasteiger partial charge in [-0.15, -0.1) is 24.0 Å². The van der Waals surface area contributed by atoms with Gasteiger partial charge in [-0.05, 0) is 36.8 Å². The van der Waals surface area contributed by atoms with Crippen LogP contribution in [0.3, 0.4) is 0 Å². The first-order valence-corrected chi connectivity index (χ1v) is 9.44. The predicted molar refractivity (Wildman–Crippen MR) is 126 cm³/mol. The highest BCUT2D eigenvalue weighted by molar-refractivity contribution is 14.0. The van der Waals surface area contributed by atoms with E-state index >= 15 is 0 Å². The summed E-state index contributed by atoms with van der Waals surface area (Å²) in [5.41, 5.74) is 2.49. The largest absolute Gasteiger partial charge is 0.490 e. The van der Waals surface area contributed by atoms with Crippen LogP contribution >= 0.6 is 24.0 Å². The number of rotatable bonds is 5. The third kappa shape index (κ3) is 6.52. The molecule has 0 saturated heterocycles. The van der Waals surface area contributed by atoms with Crippen LogP contribution < -0.4 is 25.4 Å². The second-order valence-corrected chi connectivity index (χ2v) is 6.32. The topological polar surface area (TPSA) is 84.0 Å². The Hall–Kier alpha value is -2.49. The van der Waals surface area contributed by atoms with Gasteiger partial charge in [-0.3, -0.25) is 9.79 Å². The number of carbonyl (C=O) groups is 1. The summed E-state index contributed by atoms with van der Waals surface area (Å²) in [6.07, 6.45) is 0.871. The summed E-state index contributed by atoms with van der Waals surface area (Å²) in [5, 5.41) is 9.32. The Morgan fingerprint density at radius 1 is 1.07 bits per heavy atom. The monoisotopic (exact) mass is 510 g/mol. The van der Waals surface area contributed by atoms with Crippen molar-refractivity contribution in [2.45, 2.75) is 19.9 Å². The highest BCUT2D eigenvalue weighted by Gasteiger charge is 2.11. The zero-order chi connectivity index (χ0) is 19.8. The number of carbonyl (C=O) groups excluding carboxylic acids is 1. The molecule has 1 heterocycles. The van der Waals surface area contributed by atoms with E-state index in [-0.39, 0.29) is 29.9 Å². The molecule has 0 fully saturated rings. The number of hydrogen-bond acceptors (Lipinski definition) is 4. The van der Waals surface area contributed by atoms with E-state index in [0.29, 0.717) is 37.8 Å². The summed E-state index contributed by atoms with van der Waals surface area (Å²) >= 11 is 0. The zero-order valence-corrected chi connectivity index (χ0v) is 19.0. The van der Waals surface area contributed by atoms with Gasteiger partial charge in [-0.25, -0.2) is 0 Å². The Labute approximate surface area is 188 Å². The molecule has 7 nitrogen and oxygen atoms in total. The van der Waals surface area contributed by atoms with Gasteiger partial charge in [0.25, 0.3) is 5.91 Å². The molecule has 0 radical (unpaired) electrons. The van der Waals surface area contributed by atoms with E-state index < -0.39 is 0 Å². The van der Waals surface area contributed by atoms with E-state index in [0.717, 1.165) is 29.2 Å². The summed E-state index contributed by atoms with van der Waals surface area (Å²) in [4.78, 5) is 16.2. The Morgan fingerprint density at radius 3 is 2.62 bits per heavy atom. The maximum absolute atomic E-state index is 12.0. The average molecular weight is 510 g/mol. The number of benzene rings is 2. The van der Waals surface area contributed by atoms with Crippen LogP contribution in [0.15, 0.2) is 47.5 Å². The normalized spacial score (nSPS) is 13.0. The molecule has 0 aliphatic carbocycles. The Bertz CT molecular complexity index is 858. The first-order valence-electron chi connectivity index (χ1n) is 9.44. The number of fused-ring (bicyclic) bond motifs is 1. The molecule has 1 aliphatic heterocycles. The summed E-state index contributed by atoms with van der Waals surface area (Å²) in [5.74, 6) is 2.04. The van der Waals surface area contributed by atoms with Crippen molar-refractivity contribution in [2.24, 2.45) is 4.99 Å². The quantitative estimate of drug-likeness (QED) is 0.326. The van der Waals surface area contributed by atoms with Gasteiger partial charge in [0.2, 0.25) is 0 Å². The van der Waals surface area contributed by atoms with Crippen molar-refractivity contribution in [2.75, 3.05) is 32.1 Å².